The molecule has 0 amide bonds. The second kappa shape index (κ2) is 9.49. The number of nitrogens with zero attached hydrogens (tertiary/aromatic N) is 1. The predicted octanol–water partition coefficient (Wildman–Crippen LogP) is 13.5. The maximum Gasteiger partial charge on any atom is 0.136 e. The molecule has 0 spiro atoms. The Morgan fingerprint density at radius 2 is 1.02 bits per heavy atom. The van der Waals surface area contributed by atoms with Gasteiger partial charge in [-0.25, -0.2) is 0 Å². The summed E-state index contributed by atoms with van der Waals surface area (Å²) in [5.41, 5.74) is 13.3. The van der Waals surface area contributed by atoms with Gasteiger partial charge in [-0.05, 0) is 120 Å². The molecule has 1 aliphatic carbocycles. The highest BCUT2D eigenvalue weighted by atomic mass is 16.3. The zero-order chi connectivity index (χ0) is 32.5. The Hall–Kier alpha value is -6.64. The summed E-state index contributed by atoms with van der Waals surface area (Å²) in [6, 6.07) is 60.2. The highest BCUT2D eigenvalue weighted by Crippen LogP contribution is 2.49. The number of para-hydroxylation sites is 2. The molecular formula is C48H27NO. The second-order valence-corrected chi connectivity index (χ2v) is 13.7. The van der Waals surface area contributed by atoms with Gasteiger partial charge in [0.25, 0.3) is 0 Å². The topological polar surface area (TPSA) is 18.1 Å². The van der Waals surface area contributed by atoms with E-state index in [1.807, 2.05) is 12.1 Å². The summed E-state index contributed by atoms with van der Waals surface area (Å²) in [5, 5.41) is 12.3. The van der Waals surface area contributed by atoms with E-state index in [1.165, 1.54) is 87.5 Å². The Kier molecular flexibility index (Phi) is 5.00. The van der Waals surface area contributed by atoms with E-state index in [1.54, 1.807) is 0 Å². The van der Waals surface area contributed by atoms with Crippen LogP contribution in [0, 0.1) is 0 Å². The SMILES string of the molecule is c1ccc2c(c1)-c1cccc3c(-c4ccc5cc(-n6c7ccccc7c7cc8cc9oc%10ccccc%10c9cc8cc76)ccc5c4)ccc-2c13. The third-order valence-electron chi connectivity index (χ3n) is 11.1. The van der Waals surface area contributed by atoms with Crippen LogP contribution in [0.25, 0.3) is 115 Å². The molecule has 0 N–H and O–H groups in total. The molecule has 2 heterocycles. The minimum absolute atomic E-state index is 0.927. The first-order valence-corrected chi connectivity index (χ1v) is 17.3. The third-order valence-corrected chi connectivity index (χ3v) is 11.1. The molecule has 0 atom stereocenters. The minimum atomic E-state index is 0.927. The van der Waals surface area contributed by atoms with Crippen molar-refractivity contribution >= 4 is 76.1 Å². The van der Waals surface area contributed by atoms with Crippen molar-refractivity contribution in [2.75, 3.05) is 0 Å². The van der Waals surface area contributed by atoms with Crippen LogP contribution in [0.1, 0.15) is 0 Å². The van der Waals surface area contributed by atoms with Crippen LogP contribution in [0.2, 0.25) is 0 Å². The summed E-state index contributed by atoms with van der Waals surface area (Å²) in [6.45, 7) is 0. The average molecular weight is 634 g/mol. The molecule has 2 nitrogen and oxygen atoms in total. The van der Waals surface area contributed by atoms with Crippen LogP contribution in [-0.4, -0.2) is 4.57 Å². The maximum absolute atomic E-state index is 6.25. The number of hydrogen-bond acceptors (Lipinski definition) is 1. The average Bonchev–Trinajstić information content (AvgIpc) is 3.81. The third kappa shape index (κ3) is 3.47. The van der Waals surface area contributed by atoms with E-state index in [0.29, 0.717) is 0 Å². The van der Waals surface area contributed by atoms with E-state index in [-0.39, 0.29) is 0 Å². The molecule has 0 saturated heterocycles. The van der Waals surface area contributed by atoms with E-state index >= 15 is 0 Å². The van der Waals surface area contributed by atoms with Gasteiger partial charge in [0.2, 0.25) is 0 Å². The monoisotopic (exact) mass is 633 g/mol. The van der Waals surface area contributed by atoms with Crippen LogP contribution >= 0.6 is 0 Å². The van der Waals surface area contributed by atoms with E-state index < -0.39 is 0 Å². The van der Waals surface area contributed by atoms with Crippen molar-refractivity contribution in [3.8, 4) is 39.1 Å². The molecule has 0 saturated carbocycles. The number of aromatic nitrogens is 1. The Balaban J connectivity index is 1.03. The lowest BCUT2D eigenvalue weighted by atomic mass is 9.93. The lowest BCUT2D eigenvalue weighted by molar-refractivity contribution is 0.669. The first kappa shape index (κ1) is 26.3. The van der Waals surface area contributed by atoms with Crippen LogP contribution in [0.4, 0.5) is 0 Å². The largest absolute Gasteiger partial charge is 0.456 e. The molecule has 0 fully saturated rings. The van der Waals surface area contributed by atoms with Gasteiger partial charge in [-0.15, -0.1) is 0 Å². The molecule has 9 aromatic carbocycles. The Labute approximate surface area is 287 Å². The van der Waals surface area contributed by atoms with Gasteiger partial charge in [0.05, 0.1) is 11.0 Å². The molecule has 0 aliphatic heterocycles. The number of rotatable bonds is 2. The number of furan rings is 1. The van der Waals surface area contributed by atoms with E-state index in [4.69, 9.17) is 4.42 Å². The lowest BCUT2D eigenvalue weighted by Crippen LogP contribution is -1.94. The Morgan fingerprint density at radius 1 is 0.340 bits per heavy atom. The van der Waals surface area contributed by atoms with E-state index in [0.717, 1.165) is 27.6 Å². The smallest absolute Gasteiger partial charge is 0.136 e. The van der Waals surface area contributed by atoms with Gasteiger partial charge in [0.1, 0.15) is 11.2 Å². The molecule has 11 aromatic rings. The fourth-order valence-corrected chi connectivity index (χ4v) is 8.81. The van der Waals surface area contributed by atoms with Gasteiger partial charge in [-0.2, -0.15) is 0 Å². The lowest BCUT2D eigenvalue weighted by Gasteiger charge is -2.12. The first-order chi connectivity index (χ1) is 24.8. The minimum Gasteiger partial charge on any atom is -0.456 e. The molecule has 50 heavy (non-hydrogen) atoms. The predicted molar refractivity (Wildman–Crippen MR) is 210 cm³/mol. The number of hydrogen-bond donors (Lipinski definition) is 0. The van der Waals surface area contributed by atoms with Gasteiger partial charge < -0.3 is 8.98 Å². The van der Waals surface area contributed by atoms with Crippen molar-refractivity contribution < 1.29 is 4.42 Å². The van der Waals surface area contributed by atoms with Crippen molar-refractivity contribution in [1.82, 2.24) is 4.57 Å². The molecule has 1 aliphatic rings. The fourth-order valence-electron chi connectivity index (χ4n) is 8.81. The summed E-state index contributed by atoms with van der Waals surface area (Å²) in [4.78, 5) is 0. The van der Waals surface area contributed by atoms with Gasteiger partial charge >= 0.3 is 0 Å². The van der Waals surface area contributed by atoms with Gasteiger partial charge in [0.15, 0.2) is 0 Å². The maximum atomic E-state index is 6.25. The molecule has 230 valence electrons. The van der Waals surface area contributed by atoms with Crippen LogP contribution in [0.3, 0.4) is 0 Å². The molecular weight excluding hydrogens is 607 g/mol. The molecule has 2 aromatic heterocycles. The molecule has 0 bridgehead atoms. The van der Waals surface area contributed by atoms with E-state index in [9.17, 15) is 0 Å². The summed E-state index contributed by atoms with van der Waals surface area (Å²) >= 11 is 0. The van der Waals surface area contributed by atoms with Crippen LogP contribution in [0.5, 0.6) is 0 Å². The molecule has 0 unspecified atom stereocenters. The molecule has 2 heteroatoms. The van der Waals surface area contributed by atoms with E-state index in [2.05, 4.69) is 156 Å². The quantitative estimate of drug-likeness (QED) is 0.185. The van der Waals surface area contributed by atoms with Crippen molar-refractivity contribution in [3.05, 3.63) is 164 Å². The number of benzene rings is 9. The zero-order valence-corrected chi connectivity index (χ0v) is 26.9. The molecule has 12 rings (SSSR count). The van der Waals surface area contributed by atoms with Crippen LogP contribution in [-0.2, 0) is 0 Å². The number of fused-ring (bicyclic) bond motifs is 11. The highest BCUT2D eigenvalue weighted by Gasteiger charge is 2.22. The zero-order valence-electron chi connectivity index (χ0n) is 26.9. The normalized spacial score (nSPS) is 12.4. The van der Waals surface area contributed by atoms with Crippen molar-refractivity contribution in [2.45, 2.75) is 0 Å². The summed E-state index contributed by atoms with van der Waals surface area (Å²) in [6.07, 6.45) is 0. The standard InChI is InChI=1S/C48H27NO/c1-2-9-36-35(8-1)40-13-7-12-39-34(20-21-41(36)48(39)40)30-17-16-29-23-33(19-18-28(29)22-30)49-44-14-5-3-10-37(44)42-24-32-27-47-43(25-31(32)26-45(42)49)38-11-4-6-15-46(38)50-47/h1-27H. The Morgan fingerprint density at radius 3 is 1.94 bits per heavy atom. The summed E-state index contributed by atoms with van der Waals surface area (Å²) in [7, 11) is 0. The van der Waals surface area contributed by atoms with Crippen molar-refractivity contribution in [3.63, 3.8) is 0 Å². The summed E-state index contributed by atoms with van der Waals surface area (Å²) in [5.74, 6) is 0. The van der Waals surface area contributed by atoms with Crippen LogP contribution in [0.15, 0.2) is 168 Å². The van der Waals surface area contributed by atoms with Gasteiger partial charge in [-0.1, -0.05) is 109 Å². The van der Waals surface area contributed by atoms with Crippen molar-refractivity contribution in [1.29, 1.82) is 0 Å². The Bertz CT molecular complexity index is 3240. The van der Waals surface area contributed by atoms with Crippen LogP contribution < -0.4 is 0 Å². The molecule has 0 radical (unpaired) electrons. The van der Waals surface area contributed by atoms with Gasteiger partial charge in [-0.3, -0.25) is 0 Å². The van der Waals surface area contributed by atoms with Crippen molar-refractivity contribution in [2.24, 2.45) is 0 Å². The summed E-state index contributed by atoms with van der Waals surface area (Å²) < 4.78 is 8.68. The van der Waals surface area contributed by atoms with Gasteiger partial charge in [0, 0.05) is 27.2 Å². The fraction of sp³-hybridized carbons (Fsp3) is 0. The second-order valence-electron chi connectivity index (χ2n) is 13.7. The highest BCUT2D eigenvalue weighted by molar-refractivity contribution is 6.19. The first-order valence-electron chi connectivity index (χ1n) is 17.3.